The summed E-state index contributed by atoms with van der Waals surface area (Å²) in [6.45, 7) is 7.42. The van der Waals surface area contributed by atoms with E-state index in [1.54, 1.807) is 19.1 Å². The van der Waals surface area contributed by atoms with Gasteiger partial charge in [-0.15, -0.1) is 4.72 Å². The molecule has 1 aromatic carbocycles. The number of halogens is 1. The smallest absolute Gasteiger partial charge is 0.323 e. The highest BCUT2D eigenvalue weighted by Crippen LogP contribution is 2.25. The first kappa shape index (κ1) is 21.4. The fourth-order valence-electron chi connectivity index (χ4n) is 2.11. The number of carbonyl (C=O) groups is 1. The van der Waals surface area contributed by atoms with Crippen LogP contribution in [0.3, 0.4) is 0 Å². The highest BCUT2D eigenvalue weighted by molar-refractivity contribution is 7.90. The van der Waals surface area contributed by atoms with Gasteiger partial charge in [-0.1, -0.05) is 12.1 Å². The van der Waals surface area contributed by atoms with Gasteiger partial charge in [-0.25, -0.2) is 4.39 Å². The second-order valence-corrected chi connectivity index (χ2v) is 8.61. The molecule has 0 aliphatic rings. The third-order valence-corrected chi connectivity index (χ3v) is 5.16. The summed E-state index contributed by atoms with van der Waals surface area (Å²) < 4.78 is 33.1. The molecule has 1 aromatic rings. The normalized spacial score (nSPS) is 15.1. The number of rotatable bonds is 8. The van der Waals surface area contributed by atoms with Crippen molar-refractivity contribution in [3.05, 3.63) is 35.6 Å². The molecule has 1 N–H and O–H groups in total. The van der Waals surface area contributed by atoms with E-state index in [0.717, 1.165) is 5.56 Å². The summed E-state index contributed by atoms with van der Waals surface area (Å²) in [5.41, 5.74) is 0.750. The number of hydrogen-bond donors (Lipinski definition) is 1. The van der Waals surface area contributed by atoms with Crippen LogP contribution in [-0.4, -0.2) is 21.9 Å². The van der Waals surface area contributed by atoms with Crippen LogP contribution >= 0.6 is 0 Å². The number of benzene rings is 1. The minimum atomic E-state index is -1.35. The quantitative estimate of drug-likeness (QED) is 0.561. The van der Waals surface area contributed by atoms with Crippen LogP contribution in [0.2, 0.25) is 0 Å². The Hall–Kier alpha value is -1.62. The zero-order valence-electron chi connectivity index (χ0n) is 15.0. The molecule has 0 heterocycles. The second kappa shape index (κ2) is 9.76. The van der Waals surface area contributed by atoms with Gasteiger partial charge >= 0.3 is 5.97 Å². The second-order valence-electron chi connectivity index (χ2n) is 6.61. The zero-order valence-corrected chi connectivity index (χ0v) is 15.9. The summed E-state index contributed by atoms with van der Waals surface area (Å²) in [6.07, 6.45) is 0.649. The molecule has 0 aliphatic carbocycles. The predicted octanol–water partition coefficient (Wildman–Crippen LogP) is 3.40. The van der Waals surface area contributed by atoms with Gasteiger partial charge < -0.3 is 9.29 Å². The number of carbonyl (C=O) groups excluding carboxylic acids is 1. The maximum absolute atomic E-state index is 13.2. The molecular formula is C18H25FN2O3S. The van der Waals surface area contributed by atoms with Gasteiger partial charge in [0.1, 0.15) is 16.5 Å². The van der Waals surface area contributed by atoms with Crippen LogP contribution in [0.5, 0.6) is 0 Å². The molecule has 0 radical (unpaired) electrons. The molecular weight excluding hydrogens is 343 g/mol. The van der Waals surface area contributed by atoms with Crippen LogP contribution < -0.4 is 4.72 Å². The molecule has 1 rings (SSSR count). The molecule has 0 saturated carbocycles. The highest BCUT2D eigenvalue weighted by atomic mass is 32.2. The van der Waals surface area contributed by atoms with Gasteiger partial charge in [0.25, 0.3) is 0 Å². The van der Waals surface area contributed by atoms with Crippen molar-refractivity contribution in [1.29, 1.82) is 5.26 Å². The molecule has 3 atom stereocenters. The van der Waals surface area contributed by atoms with E-state index in [2.05, 4.69) is 4.72 Å². The average molecular weight is 368 g/mol. The lowest BCUT2D eigenvalue weighted by atomic mass is 9.97. The summed E-state index contributed by atoms with van der Waals surface area (Å²) >= 11 is -1.35. The monoisotopic (exact) mass is 368 g/mol. The lowest BCUT2D eigenvalue weighted by Crippen LogP contribution is -2.41. The predicted molar refractivity (Wildman–Crippen MR) is 95.1 cm³/mol. The number of nitrogens with zero attached hydrogens (tertiary/aromatic N) is 1. The van der Waals surface area contributed by atoms with Crippen LogP contribution in [0, 0.1) is 23.1 Å². The van der Waals surface area contributed by atoms with Gasteiger partial charge in [-0.3, -0.25) is 4.79 Å². The van der Waals surface area contributed by atoms with Gasteiger partial charge in [-0.2, -0.15) is 5.26 Å². The van der Waals surface area contributed by atoms with E-state index < -0.39 is 28.0 Å². The lowest BCUT2D eigenvalue weighted by molar-refractivity contribution is -0.146. The molecule has 2 unspecified atom stereocenters. The topological polar surface area (TPSA) is 85.2 Å². The Morgan fingerprint density at radius 3 is 2.44 bits per heavy atom. The largest absolute Gasteiger partial charge is 0.598 e. The van der Waals surface area contributed by atoms with Crippen molar-refractivity contribution in [3.8, 4) is 6.07 Å². The van der Waals surface area contributed by atoms with Crippen LogP contribution in [0.4, 0.5) is 4.39 Å². The third-order valence-electron chi connectivity index (χ3n) is 3.55. The fraction of sp³-hybridized carbons (Fsp3) is 0.556. The summed E-state index contributed by atoms with van der Waals surface area (Å²) in [5.74, 6) is -1.80. The number of nitriles is 1. The first-order chi connectivity index (χ1) is 11.7. The van der Waals surface area contributed by atoms with Crippen molar-refractivity contribution in [3.63, 3.8) is 0 Å². The first-order valence-electron chi connectivity index (χ1n) is 8.18. The van der Waals surface area contributed by atoms with Crippen LogP contribution in [-0.2, 0) is 20.9 Å². The lowest BCUT2D eigenvalue weighted by Gasteiger charge is -2.28. The molecule has 7 heteroatoms. The summed E-state index contributed by atoms with van der Waals surface area (Å²) in [5, 5.41) is 9.17. The van der Waals surface area contributed by atoms with Crippen molar-refractivity contribution in [2.45, 2.75) is 51.3 Å². The van der Waals surface area contributed by atoms with Gasteiger partial charge in [0, 0.05) is 11.4 Å². The summed E-state index contributed by atoms with van der Waals surface area (Å²) in [4.78, 5) is 11.8. The molecule has 0 amide bonds. The first-order valence-corrected chi connectivity index (χ1v) is 9.33. The Kier molecular flexibility index (Phi) is 8.36. The van der Waals surface area contributed by atoms with E-state index >= 15 is 0 Å². The third kappa shape index (κ3) is 7.02. The van der Waals surface area contributed by atoms with Crippen LogP contribution in [0.1, 0.15) is 52.1 Å². The molecule has 0 aromatic heterocycles. The maximum Gasteiger partial charge on any atom is 0.323 e. The number of ether oxygens (including phenoxy) is 1. The highest BCUT2D eigenvalue weighted by Gasteiger charge is 2.31. The molecule has 25 heavy (non-hydrogen) atoms. The Morgan fingerprint density at radius 2 is 1.96 bits per heavy atom. The molecule has 138 valence electrons. The van der Waals surface area contributed by atoms with Gasteiger partial charge in [0.05, 0.1) is 18.7 Å². The van der Waals surface area contributed by atoms with Gasteiger partial charge in [-0.05, 0) is 58.2 Å². The summed E-state index contributed by atoms with van der Waals surface area (Å²) in [7, 11) is 0. The number of hydrogen-bond acceptors (Lipinski definition) is 5. The Labute approximate surface area is 151 Å². The van der Waals surface area contributed by atoms with E-state index in [9.17, 15) is 19.0 Å². The van der Waals surface area contributed by atoms with E-state index in [4.69, 9.17) is 4.74 Å². The van der Waals surface area contributed by atoms with Gasteiger partial charge in [0.15, 0.2) is 0 Å². The zero-order chi connectivity index (χ0) is 19.0. The van der Waals surface area contributed by atoms with E-state index in [0.29, 0.717) is 6.42 Å². The Morgan fingerprint density at radius 1 is 1.36 bits per heavy atom. The van der Waals surface area contributed by atoms with Crippen molar-refractivity contribution in [1.82, 2.24) is 4.72 Å². The van der Waals surface area contributed by atoms with E-state index in [1.807, 2.05) is 26.8 Å². The van der Waals surface area contributed by atoms with Crippen molar-refractivity contribution >= 4 is 17.3 Å². The minimum Gasteiger partial charge on any atom is -0.598 e. The van der Waals surface area contributed by atoms with Gasteiger partial charge in [0.2, 0.25) is 0 Å². The number of esters is 1. The van der Waals surface area contributed by atoms with Crippen LogP contribution in [0.25, 0.3) is 0 Å². The molecule has 0 spiro atoms. The Bertz CT molecular complexity index is 596. The van der Waals surface area contributed by atoms with E-state index in [-0.39, 0.29) is 24.9 Å². The standard InChI is InChI=1S/C18H25FN2O3S/c1-5-24-17(22)14(12-20)8-11-16(21-25(23)18(2,3)4)13-6-9-15(19)10-7-13/h6-7,9-10,14,16,21H,5,8,11H2,1-4H3/t14?,16-,25?/m1/s1. The molecule has 0 aliphatic heterocycles. The molecule has 5 nitrogen and oxygen atoms in total. The molecule has 0 fully saturated rings. The fourth-order valence-corrected chi connectivity index (χ4v) is 2.97. The van der Waals surface area contributed by atoms with Crippen molar-refractivity contribution < 1.29 is 18.5 Å². The molecule has 0 bridgehead atoms. The van der Waals surface area contributed by atoms with Crippen molar-refractivity contribution in [2.24, 2.45) is 5.92 Å². The van der Waals surface area contributed by atoms with Crippen molar-refractivity contribution in [2.75, 3.05) is 6.61 Å². The SMILES string of the molecule is CCOC(=O)C(C#N)CC[C@@H](N[S+]([O-])C(C)(C)C)c1ccc(F)cc1. The summed E-state index contributed by atoms with van der Waals surface area (Å²) in [6, 6.07) is 7.46. The van der Waals surface area contributed by atoms with E-state index in [1.165, 1.54) is 12.1 Å². The number of nitrogens with one attached hydrogen (secondary N) is 1. The maximum atomic E-state index is 13.2. The molecule has 0 saturated heterocycles. The minimum absolute atomic E-state index is 0.213. The average Bonchev–Trinajstić information content (AvgIpc) is 2.54. The van der Waals surface area contributed by atoms with Crippen LogP contribution in [0.15, 0.2) is 24.3 Å². The Balaban J connectivity index is 2.89.